The van der Waals surface area contributed by atoms with E-state index in [-0.39, 0.29) is 35.3 Å². The summed E-state index contributed by atoms with van der Waals surface area (Å²) in [7, 11) is 0. The number of hydrogen-bond donors (Lipinski definition) is 2. The van der Waals surface area contributed by atoms with Crippen LogP contribution in [0.1, 0.15) is 28.8 Å². The van der Waals surface area contributed by atoms with Gasteiger partial charge >= 0.3 is 0 Å². The molecule has 0 unspecified atom stereocenters. The van der Waals surface area contributed by atoms with E-state index in [4.69, 9.17) is 11.6 Å². The highest BCUT2D eigenvalue weighted by Gasteiger charge is 2.34. The molecule has 0 spiro atoms. The minimum Gasteiger partial charge on any atom is -0.377 e. The summed E-state index contributed by atoms with van der Waals surface area (Å²) in [5.41, 5.74) is 1.07. The maximum absolute atomic E-state index is 12.6. The van der Waals surface area contributed by atoms with Crippen LogP contribution >= 0.6 is 23.4 Å². The largest absolute Gasteiger partial charge is 0.377 e. The molecule has 1 heterocycles. The first-order valence-electron chi connectivity index (χ1n) is 10.2. The molecule has 11 heteroatoms. The molecule has 0 atom stereocenters. The van der Waals surface area contributed by atoms with Crippen LogP contribution in [-0.2, 0) is 4.79 Å². The number of nitro benzene ring substituents is 1. The number of imide groups is 1. The summed E-state index contributed by atoms with van der Waals surface area (Å²) in [4.78, 5) is 49.5. The Balaban J connectivity index is 1.36. The summed E-state index contributed by atoms with van der Waals surface area (Å²) >= 11 is 6.68. The molecule has 0 aromatic heterocycles. The van der Waals surface area contributed by atoms with Crippen molar-refractivity contribution in [2.24, 2.45) is 0 Å². The zero-order valence-electron chi connectivity index (χ0n) is 17.2. The van der Waals surface area contributed by atoms with Crippen molar-refractivity contribution in [1.29, 1.82) is 0 Å². The lowest BCUT2D eigenvalue weighted by atomic mass is 10.1. The number of amides is 3. The lowest BCUT2D eigenvalue weighted by molar-refractivity contribution is -0.384. The molecule has 9 nitrogen and oxygen atoms in total. The molecule has 4 rings (SSSR count). The van der Waals surface area contributed by atoms with E-state index in [9.17, 15) is 24.5 Å². The van der Waals surface area contributed by atoms with Crippen molar-refractivity contribution < 1.29 is 19.3 Å². The third kappa shape index (κ3) is 5.52. The second-order valence-electron chi connectivity index (χ2n) is 7.55. The Hall–Kier alpha value is -3.37. The van der Waals surface area contributed by atoms with Gasteiger partial charge in [0.1, 0.15) is 5.69 Å². The van der Waals surface area contributed by atoms with E-state index >= 15 is 0 Å². The van der Waals surface area contributed by atoms with Crippen LogP contribution in [0, 0.1) is 10.1 Å². The predicted octanol–water partition coefficient (Wildman–Crippen LogP) is 4.29. The molecule has 170 valence electrons. The molecule has 2 aromatic carbocycles. The Morgan fingerprint density at radius 2 is 1.94 bits per heavy atom. The molecule has 2 fully saturated rings. The second kappa shape index (κ2) is 9.63. The van der Waals surface area contributed by atoms with Crippen molar-refractivity contribution in [2.45, 2.75) is 18.9 Å². The van der Waals surface area contributed by atoms with Crippen LogP contribution in [0.15, 0.2) is 47.4 Å². The topological polar surface area (TPSA) is 122 Å². The Kier molecular flexibility index (Phi) is 6.66. The predicted molar refractivity (Wildman–Crippen MR) is 126 cm³/mol. The standard InChI is InChI=1S/C22H19ClN4O5S/c23-15-4-1-13(2-5-15)11-19-21(29)26(22(30)33-19)10-9-24-20(28)14-3-8-17(25-16-6-7-16)18(12-14)27(31)32/h1-5,8,11-12,16,25H,6-7,9-10H2,(H,24,28)/b19-11-. The van der Waals surface area contributed by atoms with Gasteiger partial charge in [0.05, 0.1) is 9.83 Å². The van der Waals surface area contributed by atoms with E-state index in [1.165, 1.54) is 18.2 Å². The monoisotopic (exact) mass is 486 g/mol. The first kappa shape index (κ1) is 22.8. The summed E-state index contributed by atoms with van der Waals surface area (Å²) < 4.78 is 0. The van der Waals surface area contributed by atoms with Crippen molar-refractivity contribution >= 4 is 57.9 Å². The molecule has 0 radical (unpaired) electrons. The van der Waals surface area contributed by atoms with Gasteiger partial charge in [-0.1, -0.05) is 23.7 Å². The van der Waals surface area contributed by atoms with E-state index in [0.29, 0.717) is 10.7 Å². The minimum atomic E-state index is -0.533. The molecule has 2 aliphatic rings. The Morgan fingerprint density at radius 3 is 2.61 bits per heavy atom. The number of thioether (sulfide) groups is 1. The lowest BCUT2D eigenvalue weighted by Crippen LogP contribution is -2.37. The molecule has 0 bridgehead atoms. The summed E-state index contributed by atoms with van der Waals surface area (Å²) in [6.07, 6.45) is 3.53. The van der Waals surface area contributed by atoms with Crippen LogP contribution in [0.5, 0.6) is 0 Å². The highest BCUT2D eigenvalue weighted by molar-refractivity contribution is 8.18. The molecule has 33 heavy (non-hydrogen) atoms. The second-order valence-corrected chi connectivity index (χ2v) is 8.98. The van der Waals surface area contributed by atoms with Gasteiger partial charge in [-0.05, 0) is 60.5 Å². The van der Waals surface area contributed by atoms with Gasteiger partial charge in [-0.3, -0.25) is 29.4 Å². The molecular formula is C22H19ClN4O5S. The Morgan fingerprint density at radius 1 is 1.21 bits per heavy atom. The highest BCUT2D eigenvalue weighted by atomic mass is 35.5. The number of anilines is 1. The van der Waals surface area contributed by atoms with Crippen molar-refractivity contribution in [3.05, 3.63) is 73.6 Å². The van der Waals surface area contributed by atoms with Crippen molar-refractivity contribution in [1.82, 2.24) is 10.2 Å². The van der Waals surface area contributed by atoms with Crippen molar-refractivity contribution in [3.8, 4) is 0 Å². The van der Waals surface area contributed by atoms with Gasteiger partial charge in [-0.2, -0.15) is 0 Å². The summed E-state index contributed by atoms with van der Waals surface area (Å²) in [6.45, 7) is -0.00124. The quantitative estimate of drug-likeness (QED) is 0.324. The van der Waals surface area contributed by atoms with Gasteiger partial charge < -0.3 is 10.6 Å². The molecular weight excluding hydrogens is 468 g/mol. The number of benzene rings is 2. The van der Waals surface area contributed by atoms with Gasteiger partial charge in [-0.15, -0.1) is 0 Å². The van der Waals surface area contributed by atoms with E-state index in [1.54, 1.807) is 30.3 Å². The summed E-state index contributed by atoms with van der Waals surface area (Å²) in [5.74, 6) is -0.972. The molecule has 3 amide bonds. The fourth-order valence-electron chi connectivity index (χ4n) is 3.18. The number of carbonyl (C=O) groups excluding carboxylic acids is 3. The van der Waals surface area contributed by atoms with E-state index in [0.717, 1.165) is 35.1 Å². The molecule has 1 aliphatic carbocycles. The Bertz CT molecular complexity index is 1160. The van der Waals surface area contributed by atoms with E-state index in [1.807, 2.05) is 0 Å². The maximum atomic E-state index is 12.6. The number of rotatable bonds is 8. The van der Waals surface area contributed by atoms with Gasteiger partial charge in [0, 0.05) is 35.8 Å². The molecule has 2 N–H and O–H groups in total. The first-order chi connectivity index (χ1) is 15.8. The average molecular weight is 487 g/mol. The molecule has 1 saturated carbocycles. The van der Waals surface area contributed by atoms with Crippen LogP contribution in [0.4, 0.5) is 16.2 Å². The van der Waals surface area contributed by atoms with Crippen LogP contribution < -0.4 is 10.6 Å². The van der Waals surface area contributed by atoms with E-state index in [2.05, 4.69) is 10.6 Å². The first-order valence-corrected chi connectivity index (χ1v) is 11.4. The smallest absolute Gasteiger partial charge is 0.293 e. The third-order valence-corrected chi connectivity index (χ3v) is 6.22. The summed E-state index contributed by atoms with van der Waals surface area (Å²) in [6, 6.07) is 11.3. The van der Waals surface area contributed by atoms with E-state index < -0.39 is 22.0 Å². The highest BCUT2D eigenvalue weighted by Crippen LogP contribution is 2.33. The molecule has 1 aliphatic heterocycles. The van der Waals surface area contributed by atoms with Crippen LogP contribution in [-0.4, -0.2) is 46.0 Å². The molecule has 2 aromatic rings. The Labute approximate surface area is 198 Å². The number of hydrogen-bond acceptors (Lipinski definition) is 7. The zero-order valence-corrected chi connectivity index (χ0v) is 18.8. The van der Waals surface area contributed by atoms with Crippen LogP contribution in [0.2, 0.25) is 5.02 Å². The number of nitrogens with zero attached hydrogens (tertiary/aromatic N) is 2. The van der Waals surface area contributed by atoms with Gasteiger partial charge in [0.25, 0.3) is 22.7 Å². The number of halogens is 1. The number of carbonyl (C=O) groups is 3. The van der Waals surface area contributed by atoms with Crippen LogP contribution in [0.3, 0.4) is 0 Å². The normalized spacial score (nSPS) is 16.9. The third-order valence-electron chi connectivity index (χ3n) is 5.06. The lowest BCUT2D eigenvalue weighted by Gasteiger charge is -2.13. The number of nitro groups is 1. The summed E-state index contributed by atoms with van der Waals surface area (Å²) in [5, 5.41) is 17.2. The van der Waals surface area contributed by atoms with Gasteiger partial charge in [-0.25, -0.2) is 0 Å². The van der Waals surface area contributed by atoms with Crippen LogP contribution in [0.25, 0.3) is 6.08 Å². The van der Waals surface area contributed by atoms with Gasteiger partial charge in [0.15, 0.2) is 0 Å². The van der Waals surface area contributed by atoms with Crippen molar-refractivity contribution in [2.75, 3.05) is 18.4 Å². The van der Waals surface area contributed by atoms with Gasteiger partial charge in [0.2, 0.25) is 0 Å². The minimum absolute atomic E-state index is 0.0149. The average Bonchev–Trinajstić information content (AvgIpc) is 3.56. The SMILES string of the molecule is O=C(NCCN1C(=O)S/C(=C\c2ccc(Cl)cc2)C1=O)c1ccc(NC2CC2)c([N+](=O)[O-])c1. The zero-order chi connectivity index (χ0) is 23.5. The number of nitrogens with one attached hydrogen (secondary N) is 2. The fourth-order valence-corrected chi connectivity index (χ4v) is 4.17. The van der Waals surface area contributed by atoms with Crippen molar-refractivity contribution in [3.63, 3.8) is 0 Å². The maximum Gasteiger partial charge on any atom is 0.293 e. The molecule has 1 saturated heterocycles. The fraction of sp³-hybridized carbons (Fsp3) is 0.227.